The molecule has 0 spiro atoms. The summed E-state index contributed by atoms with van der Waals surface area (Å²) in [6.45, 7) is 2.06. The van der Waals surface area contributed by atoms with Gasteiger partial charge in [0.05, 0.1) is 11.7 Å². The summed E-state index contributed by atoms with van der Waals surface area (Å²) < 4.78 is 0.769. The minimum atomic E-state index is -0.883. The van der Waals surface area contributed by atoms with Crippen molar-refractivity contribution in [2.45, 2.75) is 19.1 Å². The van der Waals surface area contributed by atoms with Crippen LogP contribution in [0.4, 0.5) is 5.69 Å². The van der Waals surface area contributed by atoms with Gasteiger partial charge in [-0.05, 0) is 37.3 Å². The van der Waals surface area contributed by atoms with Gasteiger partial charge >= 0.3 is 0 Å². The standard InChI is InChI=1S/C19H17BrN2O4/c1-2-21-18(24)15-16(13-10-11(20)8-9-14(13)23)22(26-17(15)19(21)25)12-6-4-3-5-7-12/h3-10,15-17,23H,2H2,1H3. The molecule has 0 bridgehead atoms. The minimum absolute atomic E-state index is 0.0542. The lowest BCUT2D eigenvalue weighted by molar-refractivity contribution is -0.142. The number of halogens is 1. The van der Waals surface area contributed by atoms with Crippen LogP contribution in [0.3, 0.4) is 0 Å². The zero-order valence-electron chi connectivity index (χ0n) is 14.0. The second-order valence-corrected chi connectivity index (χ2v) is 7.20. The van der Waals surface area contributed by atoms with Crippen LogP contribution < -0.4 is 5.06 Å². The molecule has 134 valence electrons. The van der Waals surface area contributed by atoms with Crippen LogP contribution in [-0.2, 0) is 14.4 Å². The molecule has 7 heteroatoms. The number of carbonyl (C=O) groups excluding carboxylic acids is 2. The highest BCUT2D eigenvalue weighted by molar-refractivity contribution is 9.10. The molecule has 0 aliphatic carbocycles. The summed E-state index contributed by atoms with van der Waals surface area (Å²) in [5.74, 6) is -1.26. The first-order chi connectivity index (χ1) is 12.5. The number of rotatable bonds is 3. The molecule has 6 nitrogen and oxygen atoms in total. The lowest BCUT2D eigenvalue weighted by Gasteiger charge is -2.29. The summed E-state index contributed by atoms with van der Waals surface area (Å²) in [5.41, 5.74) is 1.25. The van der Waals surface area contributed by atoms with E-state index in [0.29, 0.717) is 12.1 Å². The zero-order valence-corrected chi connectivity index (χ0v) is 15.6. The number of aromatic hydroxyl groups is 1. The monoisotopic (exact) mass is 416 g/mol. The maximum Gasteiger partial charge on any atom is 0.261 e. The summed E-state index contributed by atoms with van der Waals surface area (Å²) >= 11 is 3.41. The Morgan fingerprint density at radius 1 is 1.12 bits per heavy atom. The molecule has 0 saturated carbocycles. The van der Waals surface area contributed by atoms with Gasteiger partial charge in [0.1, 0.15) is 11.7 Å². The minimum Gasteiger partial charge on any atom is -0.508 e. The molecule has 2 aromatic carbocycles. The number of nitrogens with zero attached hydrogens (tertiary/aromatic N) is 2. The number of carbonyl (C=O) groups is 2. The second kappa shape index (κ2) is 6.41. The molecule has 2 saturated heterocycles. The van der Waals surface area contributed by atoms with Gasteiger partial charge in [-0.2, -0.15) is 0 Å². The van der Waals surface area contributed by atoms with Gasteiger partial charge in [-0.25, -0.2) is 5.06 Å². The third kappa shape index (κ3) is 2.50. The fourth-order valence-electron chi connectivity index (χ4n) is 3.66. The number of hydrogen-bond donors (Lipinski definition) is 1. The smallest absolute Gasteiger partial charge is 0.261 e. The second-order valence-electron chi connectivity index (χ2n) is 6.28. The number of likely N-dealkylation sites (N-methyl/N-ethyl adjacent to an activating group) is 1. The molecule has 4 rings (SSSR count). The van der Waals surface area contributed by atoms with E-state index in [-0.39, 0.29) is 17.6 Å². The third-order valence-electron chi connectivity index (χ3n) is 4.84. The van der Waals surface area contributed by atoms with Gasteiger partial charge in [0, 0.05) is 16.6 Å². The maximum atomic E-state index is 12.9. The quantitative estimate of drug-likeness (QED) is 0.778. The van der Waals surface area contributed by atoms with Crippen molar-refractivity contribution in [3.63, 3.8) is 0 Å². The maximum absolute atomic E-state index is 12.9. The molecule has 2 aromatic rings. The van der Waals surface area contributed by atoms with E-state index in [2.05, 4.69) is 15.9 Å². The van der Waals surface area contributed by atoms with Crippen LogP contribution in [0.5, 0.6) is 5.75 Å². The van der Waals surface area contributed by atoms with Gasteiger partial charge in [0.2, 0.25) is 5.91 Å². The highest BCUT2D eigenvalue weighted by Gasteiger charge is 2.59. The van der Waals surface area contributed by atoms with Crippen molar-refractivity contribution in [2.75, 3.05) is 11.6 Å². The average Bonchev–Trinajstić information content (AvgIpc) is 3.14. The molecule has 2 aliphatic rings. The van der Waals surface area contributed by atoms with Crippen LogP contribution in [0.1, 0.15) is 18.5 Å². The van der Waals surface area contributed by atoms with E-state index in [0.717, 1.165) is 10.2 Å². The van der Waals surface area contributed by atoms with Crippen molar-refractivity contribution in [2.24, 2.45) is 5.92 Å². The molecule has 2 amide bonds. The van der Waals surface area contributed by atoms with Crippen molar-refractivity contribution >= 4 is 33.4 Å². The van der Waals surface area contributed by atoms with E-state index in [4.69, 9.17) is 4.84 Å². The summed E-state index contributed by atoms with van der Waals surface area (Å²) in [5, 5.41) is 12.0. The predicted octanol–water partition coefficient (Wildman–Crippen LogP) is 3.02. The number of imide groups is 1. The molecule has 0 aromatic heterocycles. The predicted molar refractivity (Wildman–Crippen MR) is 98.2 cm³/mol. The van der Waals surface area contributed by atoms with Crippen LogP contribution in [0, 0.1) is 5.92 Å². The van der Waals surface area contributed by atoms with Crippen molar-refractivity contribution in [3.05, 3.63) is 58.6 Å². The van der Waals surface area contributed by atoms with Crippen molar-refractivity contribution in [1.29, 1.82) is 0 Å². The Hall–Kier alpha value is -2.38. The van der Waals surface area contributed by atoms with E-state index < -0.39 is 18.1 Å². The Kier molecular flexibility index (Phi) is 4.20. The van der Waals surface area contributed by atoms with E-state index >= 15 is 0 Å². The molecule has 0 radical (unpaired) electrons. The topological polar surface area (TPSA) is 70.1 Å². The lowest BCUT2D eigenvalue weighted by atomic mass is 9.90. The molecule has 1 N–H and O–H groups in total. The van der Waals surface area contributed by atoms with E-state index in [1.807, 2.05) is 30.3 Å². The van der Waals surface area contributed by atoms with Gasteiger partial charge in [-0.15, -0.1) is 0 Å². The normalized spacial score (nSPS) is 25.1. The molecule has 2 aliphatic heterocycles. The fraction of sp³-hybridized carbons (Fsp3) is 0.263. The number of phenolic OH excluding ortho intramolecular Hbond substituents is 1. The molecule has 2 heterocycles. The van der Waals surface area contributed by atoms with Crippen LogP contribution in [0.25, 0.3) is 0 Å². The number of likely N-dealkylation sites (tertiary alicyclic amines) is 1. The van der Waals surface area contributed by atoms with Crippen molar-refractivity contribution in [1.82, 2.24) is 4.90 Å². The molecule has 3 unspecified atom stereocenters. The zero-order chi connectivity index (χ0) is 18.4. The first-order valence-corrected chi connectivity index (χ1v) is 9.17. The van der Waals surface area contributed by atoms with Gasteiger partial charge < -0.3 is 5.11 Å². The number of para-hydroxylation sites is 1. The lowest BCUT2D eigenvalue weighted by Crippen LogP contribution is -2.37. The summed E-state index contributed by atoms with van der Waals surface area (Å²) in [4.78, 5) is 32.7. The van der Waals surface area contributed by atoms with Crippen LogP contribution in [-0.4, -0.2) is 34.5 Å². The SMILES string of the molecule is CCN1C(=O)C2ON(c3ccccc3)C(c3cc(Br)ccc3O)C2C1=O. The molecular formula is C19H17BrN2O4. The van der Waals surface area contributed by atoms with E-state index in [1.165, 1.54) is 4.90 Å². The Labute approximate surface area is 159 Å². The van der Waals surface area contributed by atoms with Gasteiger partial charge in [-0.3, -0.25) is 19.3 Å². The number of fused-ring (bicyclic) bond motifs is 1. The number of anilines is 1. The molecule has 2 fully saturated rings. The van der Waals surface area contributed by atoms with E-state index in [9.17, 15) is 14.7 Å². The molecule has 26 heavy (non-hydrogen) atoms. The number of hydrogen-bond acceptors (Lipinski definition) is 5. The van der Waals surface area contributed by atoms with Gasteiger partial charge in [0.15, 0.2) is 6.10 Å². The fourth-order valence-corrected chi connectivity index (χ4v) is 4.04. The van der Waals surface area contributed by atoms with Crippen LogP contribution >= 0.6 is 15.9 Å². The first-order valence-electron chi connectivity index (χ1n) is 8.37. The Morgan fingerprint density at radius 2 is 1.85 bits per heavy atom. The number of amides is 2. The van der Waals surface area contributed by atoms with Crippen LogP contribution in [0.15, 0.2) is 53.0 Å². The molecule has 3 atom stereocenters. The van der Waals surface area contributed by atoms with Crippen molar-refractivity contribution < 1.29 is 19.5 Å². The Morgan fingerprint density at radius 3 is 2.54 bits per heavy atom. The Balaban J connectivity index is 1.85. The number of hydroxylamine groups is 1. The van der Waals surface area contributed by atoms with Crippen molar-refractivity contribution in [3.8, 4) is 5.75 Å². The highest BCUT2D eigenvalue weighted by Crippen LogP contribution is 2.48. The summed E-state index contributed by atoms with van der Waals surface area (Å²) in [6, 6.07) is 13.7. The summed E-state index contributed by atoms with van der Waals surface area (Å²) in [7, 11) is 0. The third-order valence-corrected chi connectivity index (χ3v) is 5.34. The average molecular weight is 417 g/mol. The van der Waals surface area contributed by atoms with Gasteiger partial charge in [0.25, 0.3) is 5.91 Å². The first kappa shape index (κ1) is 17.1. The summed E-state index contributed by atoms with van der Waals surface area (Å²) in [6.07, 6.45) is -0.883. The van der Waals surface area contributed by atoms with E-state index in [1.54, 1.807) is 30.2 Å². The number of phenols is 1. The Bertz CT molecular complexity index is 873. The van der Waals surface area contributed by atoms with Crippen LogP contribution in [0.2, 0.25) is 0 Å². The largest absolute Gasteiger partial charge is 0.508 e. The van der Waals surface area contributed by atoms with Gasteiger partial charge in [-0.1, -0.05) is 34.1 Å². The number of benzene rings is 2. The molecular weight excluding hydrogens is 400 g/mol. The highest BCUT2D eigenvalue weighted by atomic mass is 79.9.